The van der Waals surface area contributed by atoms with Crippen molar-refractivity contribution in [2.24, 2.45) is 5.41 Å². The van der Waals surface area contributed by atoms with Crippen molar-refractivity contribution in [3.8, 4) is 0 Å². The third kappa shape index (κ3) is 4.19. The Morgan fingerprint density at radius 1 is 1.35 bits per heavy atom. The molecule has 2 nitrogen and oxygen atoms in total. The van der Waals surface area contributed by atoms with E-state index in [0.29, 0.717) is 5.41 Å². The van der Waals surface area contributed by atoms with Gasteiger partial charge in [-0.1, -0.05) is 26.8 Å². The fourth-order valence-corrected chi connectivity index (χ4v) is 5.21. The lowest BCUT2D eigenvalue weighted by molar-refractivity contribution is 0.220. The summed E-state index contributed by atoms with van der Waals surface area (Å²) in [6.45, 7) is 15.1. The van der Waals surface area contributed by atoms with Gasteiger partial charge in [-0.25, -0.2) is 0 Å². The first-order chi connectivity index (χ1) is 11.1. The molecule has 1 atom stereocenters. The molecule has 0 saturated carbocycles. The van der Waals surface area contributed by atoms with Crippen LogP contribution in [0.15, 0.2) is 29.1 Å². The second-order valence-corrected chi connectivity index (χ2v) is 8.69. The van der Waals surface area contributed by atoms with E-state index in [4.69, 9.17) is 0 Å². The van der Waals surface area contributed by atoms with Gasteiger partial charge in [-0.3, -0.25) is 4.90 Å². The highest BCUT2D eigenvalue weighted by Crippen LogP contribution is 2.35. The van der Waals surface area contributed by atoms with Gasteiger partial charge in [0.15, 0.2) is 0 Å². The molecule has 2 aliphatic rings. The van der Waals surface area contributed by atoms with Crippen molar-refractivity contribution in [3.63, 3.8) is 0 Å². The van der Waals surface area contributed by atoms with E-state index < -0.39 is 0 Å². The Morgan fingerprint density at radius 2 is 2.13 bits per heavy atom. The van der Waals surface area contributed by atoms with Crippen molar-refractivity contribution in [1.82, 2.24) is 9.80 Å². The first-order valence-corrected chi connectivity index (χ1v) is 10.2. The lowest BCUT2D eigenvalue weighted by atomic mass is 9.85. The summed E-state index contributed by atoms with van der Waals surface area (Å²) in [6, 6.07) is 2.30. The minimum absolute atomic E-state index is 0.543. The van der Waals surface area contributed by atoms with Crippen LogP contribution < -0.4 is 0 Å². The fourth-order valence-electron chi connectivity index (χ4n) is 4.46. The summed E-state index contributed by atoms with van der Waals surface area (Å²) in [6.07, 6.45) is 6.59. The van der Waals surface area contributed by atoms with Crippen LogP contribution in [0, 0.1) is 5.41 Å². The predicted molar refractivity (Wildman–Crippen MR) is 101 cm³/mol. The molecule has 23 heavy (non-hydrogen) atoms. The van der Waals surface area contributed by atoms with E-state index >= 15 is 0 Å². The molecule has 3 rings (SSSR count). The molecule has 0 aromatic carbocycles. The summed E-state index contributed by atoms with van der Waals surface area (Å²) < 4.78 is 0. The zero-order valence-corrected chi connectivity index (χ0v) is 15.7. The number of thiophene rings is 1. The maximum atomic E-state index is 4.41. The smallest absolute Gasteiger partial charge is 0.0378 e. The molecule has 2 fully saturated rings. The molecule has 0 amide bonds. The quantitative estimate of drug-likeness (QED) is 0.727. The summed E-state index contributed by atoms with van der Waals surface area (Å²) in [5.41, 5.74) is 3.44. The van der Waals surface area contributed by atoms with Crippen molar-refractivity contribution in [1.29, 1.82) is 0 Å². The van der Waals surface area contributed by atoms with Crippen molar-refractivity contribution in [2.45, 2.75) is 51.9 Å². The van der Waals surface area contributed by atoms with E-state index in [-0.39, 0.29) is 0 Å². The minimum Gasteiger partial charge on any atom is -0.374 e. The standard InChI is InChI=1S/C20H32N2S/c1-4-8-20(3)9-12-21(16-20)14-17(2)22-10-5-18(6-11-22)19-7-13-23-15-19/h7,13,15,18H,2,4-6,8-12,14,16H2,1,3H3. The lowest BCUT2D eigenvalue weighted by Gasteiger charge is -2.36. The van der Waals surface area contributed by atoms with Gasteiger partial charge >= 0.3 is 0 Å². The molecular formula is C20H32N2S. The third-order valence-corrected chi connectivity index (χ3v) is 6.55. The van der Waals surface area contributed by atoms with E-state index in [2.05, 4.69) is 47.1 Å². The normalized spacial score (nSPS) is 26.8. The number of nitrogens with zero attached hydrogens (tertiary/aromatic N) is 2. The fraction of sp³-hybridized carbons (Fsp3) is 0.700. The Morgan fingerprint density at radius 3 is 2.78 bits per heavy atom. The lowest BCUT2D eigenvalue weighted by Crippen LogP contribution is -2.37. The Bertz CT molecular complexity index is 502. The van der Waals surface area contributed by atoms with Crippen LogP contribution in [0.2, 0.25) is 0 Å². The van der Waals surface area contributed by atoms with Crippen LogP contribution in [0.25, 0.3) is 0 Å². The minimum atomic E-state index is 0.543. The molecule has 0 radical (unpaired) electrons. The topological polar surface area (TPSA) is 6.48 Å². The second-order valence-electron chi connectivity index (χ2n) is 7.91. The number of piperidine rings is 1. The molecular weight excluding hydrogens is 300 g/mol. The first kappa shape index (κ1) is 17.0. The SMILES string of the molecule is C=C(CN1CCC(C)(CCC)C1)N1CCC(c2ccsc2)CC1. The molecule has 1 unspecified atom stereocenters. The van der Waals surface area contributed by atoms with E-state index in [0.717, 1.165) is 12.5 Å². The van der Waals surface area contributed by atoms with Gasteiger partial charge in [-0.2, -0.15) is 11.3 Å². The largest absolute Gasteiger partial charge is 0.374 e. The first-order valence-electron chi connectivity index (χ1n) is 9.27. The monoisotopic (exact) mass is 332 g/mol. The maximum Gasteiger partial charge on any atom is 0.0378 e. The number of rotatable bonds is 6. The number of hydrogen-bond donors (Lipinski definition) is 0. The van der Waals surface area contributed by atoms with Crippen LogP contribution in [-0.2, 0) is 0 Å². The number of likely N-dealkylation sites (tertiary alicyclic amines) is 2. The molecule has 0 aliphatic carbocycles. The van der Waals surface area contributed by atoms with Crippen LogP contribution in [0.5, 0.6) is 0 Å². The molecule has 3 heteroatoms. The Labute approximate surface area is 146 Å². The summed E-state index contributed by atoms with van der Waals surface area (Å²) in [4.78, 5) is 5.17. The van der Waals surface area contributed by atoms with Gasteiger partial charge in [-0.15, -0.1) is 0 Å². The van der Waals surface area contributed by atoms with Gasteiger partial charge < -0.3 is 4.90 Å². The van der Waals surface area contributed by atoms with Gasteiger partial charge in [0.2, 0.25) is 0 Å². The van der Waals surface area contributed by atoms with Gasteiger partial charge in [0.05, 0.1) is 0 Å². The van der Waals surface area contributed by atoms with Crippen LogP contribution in [0.1, 0.15) is 57.4 Å². The molecule has 1 aromatic rings. The van der Waals surface area contributed by atoms with E-state index in [9.17, 15) is 0 Å². The molecule has 0 spiro atoms. The van der Waals surface area contributed by atoms with Crippen molar-refractivity contribution in [3.05, 3.63) is 34.7 Å². The van der Waals surface area contributed by atoms with Gasteiger partial charge in [0.1, 0.15) is 0 Å². The van der Waals surface area contributed by atoms with Crippen LogP contribution in [0.3, 0.4) is 0 Å². The summed E-state index contributed by atoms with van der Waals surface area (Å²) >= 11 is 1.83. The highest BCUT2D eigenvalue weighted by Gasteiger charge is 2.33. The van der Waals surface area contributed by atoms with E-state index in [1.54, 1.807) is 5.56 Å². The average Bonchev–Trinajstić information content (AvgIpc) is 3.18. The Hall–Kier alpha value is -0.800. The Kier molecular flexibility index (Phi) is 5.48. The molecule has 0 N–H and O–H groups in total. The molecule has 0 bridgehead atoms. The van der Waals surface area contributed by atoms with Crippen LogP contribution in [0.4, 0.5) is 0 Å². The molecule has 128 valence electrons. The molecule has 1 aromatic heterocycles. The van der Waals surface area contributed by atoms with E-state index in [1.165, 1.54) is 64.0 Å². The Balaban J connectivity index is 1.45. The van der Waals surface area contributed by atoms with Crippen molar-refractivity contribution >= 4 is 11.3 Å². The van der Waals surface area contributed by atoms with Gasteiger partial charge in [0, 0.05) is 31.9 Å². The zero-order valence-electron chi connectivity index (χ0n) is 14.9. The summed E-state index contributed by atoms with van der Waals surface area (Å²) in [7, 11) is 0. The predicted octanol–water partition coefficient (Wildman–Crippen LogP) is 4.95. The molecule has 2 saturated heterocycles. The highest BCUT2D eigenvalue weighted by molar-refractivity contribution is 7.07. The van der Waals surface area contributed by atoms with Crippen molar-refractivity contribution in [2.75, 3.05) is 32.7 Å². The van der Waals surface area contributed by atoms with Crippen LogP contribution in [-0.4, -0.2) is 42.5 Å². The van der Waals surface area contributed by atoms with Gasteiger partial charge in [0.25, 0.3) is 0 Å². The van der Waals surface area contributed by atoms with Gasteiger partial charge in [-0.05, 0) is 66.0 Å². The second kappa shape index (κ2) is 7.40. The zero-order chi connectivity index (χ0) is 16.3. The molecule has 3 heterocycles. The van der Waals surface area contributed by atoms with Crippen LogP contribution >= 0.6 is 11.3 Å². The molecule has 2 aliphatic heterocycles. The third-order valence-electron chi connectivity index (χ3n) is 5.85. The summed E-state index contributed by atoms with van der Waals surface area (Å²) in [5.74, 6) is 0.768. The highest BCUT2D eigenvalue weighted by atomic mass is 32.1. The van der Waals surface area contributed by atoms with E-state index in [1.807, 2.05) is 11.3 Å². The number of hydrogen-bond acceptors (Lipinski definition) is 3. The van der Waals surface area contributed by atoms with Crippen molar-refractivity contribution < 1.29 is 0 Å². The summed E-state index contributed by atoms with van der Waals surface area (Å²) in [5, 5.41) is 4.54. The average molecular weight is 333 g/mol. The maximum absolute atomic E-state index is 4.41.